The number of hydrogen-bond donors (Lipinski definition) is 2. The second-order valence-corrected chi connectivity index (χ2v) is 3.88. The minimum absolute atomic E-state index is 0.217. The van der Waals surface area contributed by atoms with Gasteiger partial charge in [-0.1, -0.05) is 6.92 Å². The van der Waals surface area contributed by atoms with E-state index in [9.17, 15) is 9.90 Å². The average Bonchev–Trinajstić information content (AvgIpc) is 2.24. The highest BCUT2D eigenvalue weighted by Gasteiger charge is 2.44. The molecule has 1 saturated heterocycles. The molecule has 0 bridgehead atoms. The molecule has 2 N–H and O–H groups in total. The lowest BCUT2D eigenvalue weighted by atomic mass is 9.91. The Bertz CT molecular complexity index is 227. The van der Waals surface area contributed by atoms with Gasteiger partial charge in [-0.15, -0.1) is 0 Å². The summed E-state index contributed by atoms with van der Waals surface area (Å²) in [5.74, 6) is -0.778. The molecule has 1 fully saturated rings. The molecule has 0 aliphatic carbocycles. The van der Waals surface area contributed by atoms with Gasteiger partial charge in [0, 0.05) is 20.0 Å². The molecule has 94 valence electrons. The van der Waals surface area contributed by atoms with Crippen LogP contribution in [-0.2, 0) is 19.0 Å². The van der Waals surface area contributed by atoms with E-state index in [-0.39, 0.29) is 12.5 Å². The molecule has 0 aromatic heterocycles. The fourth-order valence-electron chi connectivity index (χ4n) is 1.83. The van der Waals surface area contributed by atoms with Gasteiger partial charge in [-0.25, -0.2) is 0 Å². The molecule has 6 nitrogen and oxygen atoms in total. The quantitative estimate of drug-likeness (QED) is 0.627. The maximum absolute atomic E-state index is 10.9. The molecular weight excluding hydrogens is 216 g/mol. The Kier molecular flexibility index (Phi) is 4.67. The molecule has 0 spiro atoms. The van der Waals surface area contributed by atoms with Crippen molar-refractivity contribution >= 4 is 5.97 Å². The normalized spacial score (nSPS) is 39.4. The van der Waals surface area contributed by atoms with Gasteiger partial charge in [0.15, 0.2) is 6.29 Å². The first-order valence-electron chi connectivity index (χ1n) is 5.15. The summed E-state index contributed by atoms with van der Waals surface area (Å²) in [6, 6.07) is 0. The third kappa shape index (κ3) is 2.70. The predicted octanol–water partition coefficient (Wildman–Crippen LogP) is -0.721. The lowest BCUT2D eigenvalue weighted by Gasteiger charge is -2.41. The Morgan fingerprint density at radius 2 is 2.12 bits per heavy atom. The van der Waals surface area contributed by atoms with Gasteiger partial charge >= 0.3 is 5.97 Å². The van der Waals surface area contributed by atoms with Crippen LogP contribution in [0.15, 0.2) is 0 Å². The number of ether oxygens (including phenoxy) is 3. The molecule has 0 radical (unpaired) electrons. The first kappa shape index (κ1) is 13.4. The predicted molar refractivity (Wildman–Crippen MR) is 53.5 cm³/mol. The highest BCUT2D eigenvalue weighted by atomic mass is 16.7. The van der Waals surface area contributed by atoms with Gasteiger partial charge < -0.3 is 24.4 Å². The largest absolute Gasteiger partial charge is 0.459 e. The summed E-state index contributed by atoms with van der Waals surface area (Å²) in [6.45, 7) is 2.79. The van der Waals surface area contributed by atoms with Crippen LogP contribution in [0.25, 0.3) is 0 Å². The second kappa shape index (κ2) is 5.58. The summed E-state index contributed by atoms with van der Waals surface area (Å²) in [4.78, 5) is 10.9. The summed E-state index contributed by atoms with van der Waals surface area (Å²) in [5, 5.41) is 19.0. The Balaban J connectivity index is 2.79. The van der Waals surface area contributed by atoms with E-state index in [4.69, 9.17) is 19.3 Å². The summed E-state index contributed by atoms with van der Waals surface area (Å²) < 4.78 is 15.2. The maximum atomic E-state index is 10.9. The molecule has 16 heavy (non-hydrogen) atoms. The minimum Gasteiger partial charge on any atom is -0.459 e. The Hall–Kier alpha value is -0.690. The Morgan fingerprint density at radius 3 is 2.56 bits per heavy atom. The fraction of sp³-hybridized carbons (Fsp3) is 0.900. The van der Waals surface area contributed by atoms with Crippen molar-refractivity contribution in [1.82, 2.24) is 0 Å². The molecular formula is C10H18O6. The number of methoxy groups -OCH3 is 1. The van der Waals surface area contributed by atoms with Crippen molar-refractivity contribution in [2.75, 3.05) is 13.7 Å². The third-order valence-corrected chi connectivity index (χ3v) is 2.74. The Labute approximate surface area is 94.1 Å². The van der Waals surface area contributed by atoms with Crippen molar-refractivity contribution in [3.05, 3.63) is 0 Å². The van der Waals surface area contributed by atoms with Crippen LogP contribution in [0, 0.1) is 5.92 Å². The molecule has 0 aromatic rings. The van der Waals surface area contributed by atoms with E-state index in [1.807, 2.05) is 0 Å². The van der Waals surface area contributed by atoms with E-state index >= 15 is 0 Å². The average molecular weight is 234 g/mol. The maximum Gasteiger partial charge on any atom is 0.303 e. The van der Waals surface area contributed by atoms with E-state index in [2.05, 4.69) is 0 Å². The molecule has 1 aliphatic rings. The fourth-order valence-corrected chi connectivity index (χ4v) is 1.83. The van der Waals surface area contributed by atoms with Crippen molar-refractivity contribution in [3.63, 3.8) is 0 Å². The van der Waals surface area contributed by atoms with Gasteiger partial charge in [0.1, 0.15) is 12.2 Å². The van der Waals surface area contributed by atoms with Gasteiger partial charge in [0.05, 0.1) is 12.7 Å². The SMILES string of the molecule is COC1OC(CO)C(C)C(OC(C)=O)C1O. The number of rotatable bonds is 3. The van der Waals surface area contributed by atoms with Crippen LogP contribution in [0.3, 0.4) is 0 Å². The van der Waals surface area contributed by atoms with Crippen LogP contribution in [0.5, 0.6) is 0 Å². The molecule has 0 aromatic carbocycles. The van der Waals surface area contributed by atoms with Gasteiger partial charge in [0.25, 0.3) is 0 Å². The lowest BCUT2D eigenvalue weighted by Crippen LogP contribution is -2.56. The Morgan fingerprint density at radius 1 is 1.50 bits per heavy atom. The van der Waals surface area contributed by atoms with E-state index < -0.39 is 30.6 Å². The third-order valence-electron chi connectivity index (χ3n) is 2.74. The summed E-state index contributed by atoms with van der Waals surface area (Å²) in [5.41, 5.74) is 0. The first-order chi connectivity index (χ1) is 7.51. The minimum atomic E-state index is -1.05. The zero-order chi connectivity index (χ0) is 12.3. The van der Waals surface area contributed by atoms with Gasteiger partial charge in [-0.3, -0.25) is 4.79 Å². The van der Waals surface area contributed by atoms with Crippen molar-refractivity contribution in [3.8, 4) is 0 Å². The van der Waals surface area contributed by atoms with Crippen molar-refractivity contribution < 1.29 is 29.2 Å². The smallest absolute Gasteiger partial charge is 0.303 e. The monoisotopic (exact) mass is 234 g/mol. The zero-order valence-corrected chi connectivity index (χ0v) is 9.62. The molecule has 6 heteroatoms. The van der Waals surface area contributed by atoms with Crippen LogP contribution in [-0.4, -0.2) is 54.5 Å². The van der Waals surface area contributed by atoms with E-state index in [1.54, 1.807) is 6.92 Å². The molecule has 0 amide bonds. The molecule has 5 atom stereocenters. The van der Waals surface area contributed by atoms with Crippen LogP contribution < -0.4 is 0 Å². The number of aliphatic hydroxyl groups excluding tert-OH is 2. The summed E-state index contributed by atoms with van der Waals surface area (Å²) in [7, 11) is 1.38. The summed E-state index contributed by atoms with van der Waals surface area (Å²) >= 11 is 0. The van der Waals surface area contributed by atoms with E-state index in [0.717, 1.165) is 0 Å². The van der Waals surface area contributed by atoms with E-state index in [0.29, 0.717) is 0 Å². The lowest BCUT2D eigenvalue weighted by molar-refractivity contribution is -0.283. The van der Waals surface area contributed by atoms with Crippen LogP contribution in [0.2, 0.25) is 0 Å². The number of esters is 1. The molecule has 0 saturated carbocycles. The zero-order valence-electron chi connectivity index (χ0n) is 9.62. The van der Waals surface area contributed by atoms with Crippen molar-refractivity contribution in [2.45, 2.75) is 38.4 Å². The number of carbonyl (C=O) groups is 1. The summed E-state index contributed by atoms with van der Waals surface area (Å²) in [6.07, 6.45) is -3.18. The molecule has 1 heterocycles. The highest BCUT2D eigenvalue weighted by molar-refractivity contribution is 5.66. The van der Waals surface area contributed by atoms with Crippen molar-refractivity contribution in [1.29, 1.82) is 0 Å². The highest BCUT2D eigenvalue weighted by Crippen LogP contribution is 2.28. The number of hydrogen-bond acceptors (Lipinski definition) is 6. The second-order valence-electron chi connectivity index (χ2n) is 3.88. The van der Waals surface area contributed by atoms with Gasteiger partial charge in [0.2, 0.25) is 0 Å². The number of aliphatic hydroxyl groups is 2. The van der Waals surface area contributed by atoms with E-state index in [1.165, 1.54) is 14.0 Å². The van der Waals surface area contributed by atoms with Gasteiger partial charge in [-0.05, 0) is 0 Å². The molecule has 1 aliphatic heterocycles. The van der Waals surface area contributed by atoms with Crippen molar-refractivity contribution in [2.24, 2.45) is 5.92 Å². The topological polar surface area (TPSA) is 85.2 Å². The van der Waals surface area contributed by atoms with Crippen LogP contribution in [0.4, 0.5) is 0 Å². The number of carbonyl (C=O) groups excluding carboxylic acids is 1. The molecule has 5 unspecified atom stereocenters. The molecule has 1 rings (SSSR count). The van der Waals surface area contributed by atoms with Crippen LogP contribution >= 0.6 is 0 Å². The van der Waals surface area contributed by atoms with Crippen LogP contribution in [0.1, 0.15) is 13.8 Å². The standard InChI is InChI=1S/C10H18O6/c1-5-7(4-11)16-10(14-3)8(13)9(5)15-6(2)12/h5,7-11,13H,4H2,1-3H3. The van der Waals surface area contributed by atoms with Gasteiger partial charge in [-0.2, -0.15) is 0 Å². The first-order valence-corrected chi connectivity index (χ1v) is 5.15.